The highest BCUT2D eigenvalue weighted by molar-refractivity contribution is 5.76. The van der Waals surface area contributed by atoms with Gasteiger partial charge in [-0.15, -0.1) is 0 Å². The molecule has 1 amide bonds. The van der Waals surface area contributed by atoms with E-state index in [1.807, 2.05) is 44.2 Å². The van der Waals surface area contributed by atoms with Crippen molar-refractivity contribution in [1.29, 1.82) is 0 Å². The van der Waals surface area contributed by atoms with E-state index in [4.69, 9.17) is 9.47 Å². The number of nitrogens with zero attached hydrogens (tertiary/aromatic N) is 1. The van der Waals surface area contributed by atoms with Crippen LogP contribution in [0.25, 0.3) is 0 Å². The van der Waals surface area contributed by atoms with Crippen LogP contribution in [0.3, 0.4) is 0 Å². The van der Waals surface area contributed by atoms with Gasteiger partial charge in [-0.2, -0.15) is 0 Å². The standard InChI is InChI=1S/C17H23NO5/c1-11(2)9-14-15(16(19)20)23-12(3)18(14)17(21)22-10-13-7-5-4-6-8-13/h4-8,11-12,14-15H,9-10H2,1-3H3,(H,19,20)/t12?,14-,15?/m0/s1. The molecule has 0 aliphatic carbocycles. The minimum absolute atomic E-state index is 0.148. The number of aliphatic carboxylic acids is 1. The maximum absolute atomic E-state index is 12.4. The topological polar surface area (TPSA) is 76.1 Å². The average molecular weight is 321 g/mol. The van der Waals surface area contributed by atoms with Crippen molar-refractivity contribution in [3.8, 4) is 0 Å². The van der Waals surface area contributed by atoms with Gasteiger partial charge in [-0.3, -0.25) is 4.90 Å². The normalized spacial score (nSPS) is 24.0. The van der Waals surface area contributed by atoms with Gasteiger partial charge < -0.3 is 14.6 Å². The first-order valence-corrected chi connectivity index (χ1v) is 7.77. The molecule has 0 radical (unpaired) electrons. The predicted molar refractivity (Wildman–Crippen MR) is 83.7 cm³/mol. The van der Waals surface area contributed by atoms with Gasteiger partial charge in [0.1, 0.15) is 12.8 Å². The molecule has 1 aromatic carbocycles. The van der Waals surface area contributed by atoms with Crippen LogP contribution >= 0.6 is 0 Å². The molecule has 23 heavy (non-hydrogen) atoms. The lowest BCUT2D eigenvalue weighted by Gasteiger charge is -2.27. The van der Waals surface area contributed by atoms with Crippen LogP contribution in [0.4, 0.5) is 4.79 Å². The summed E-state index contributed by atoms with van der Waals surface area (Å²) in [7, 11) is 0. The summed E-state index contributed by atoms with van der Waals surface area (Å²) in [6, 6.07) is 8.83. The van der Waals surface area contributed by atoms with Gasteiger partial charge in [0, 0.05) is 0 Å². The van der Waals surface area contributed by atoms with Crippen LogP contribution in [0.15, 0.2) is 30.3 Å². The van der Waals surface area contributed by atoms with Crippen molar-refractivity contribution in [3.63, 3.8) is 0 Å². The molecule has 2 rings (SSSR count). The molecule has 1 aliphatic rings. The fraction of sp³-hybridized carbons (Fsp3) is 0.529. The monoisotopic (exact) mass is 321 g/mol. The van der Waals surface area contributed by atoms with Crippen LogP contribution in [0.1, 0.15) is 32.8 Å². The van der Waals surface area contributed by atoms with Crippen molar-refractivity contribution >= 4 is 12.1 Å². The van der Waals surface area contributed by atoms with Gasteiger partial charge in [-0.1, -0.05) is 44.2 Å². The lowest BCUT2D eigenvalue weighted by molar-refractivity contribution is -0.149. The second-order valence-corrected chi connectivity index (χ2v) is 6.14. The predicted octanol–water partition coefficient (Wildman–Crippen LogP) is 2.87. The molecule has 1 aliphatic heterocycles. The zero-order chi connectivity index (χ0) is 17.0. The van der Waals surface area contributed by atoms with Crippen LogP contribution in [0.2, 0.25) is 0 Å². The molecule has 1 N–H and O–H groups in total. The Morgan fingerprint density at radius 3 is 2.52 bits per heavy atom. The highest BCUT2D eigenvalue weighted by atomic mass is 16.6. The van der Waals surface area contributed by atoms with Crippen LogP contribution in [-0.2, 0) is 20.9 Å². The number of amides is 1. The smallest absolute Gasteiger partial charge is 0.412 e. The number of carbonyl (C=O) groups excluding carboxylic acids is 1. The van der Waals surface area contributed by atoms with Gasteiger partial charge in [-0.05, 0) is 24.8 Å². The minimum atomic E-state index is -1.05. The fourth-order valence-electron chi connectivity index (χ4n) is 2.80. The van der Waals surface area contributed by atoms with Gasteiger partial charge in [0.15, 0.2) is 6.10 Å². The number of hydrogen-bond acceptors (Lipinski definition) is 4. The summed E-state index contributed by atoms with van der Waals surface area (Å²) in [4.78, 5) is 25.2. The molecule has 1 saturated heterocycles. The second kappa shape index (κ2) is 7.46. The Morgan fingerprint density at radius 2 is 1.96 bits per heavy atom. The molecule has 1 heterocycles. The summed E-state index contributed by atoms with van der Waals surface area (Å²) in [5.74, 6) is -0.818. The Kier molecular flexibility index (Phi) is 5.60. The molecule has 0 aromatic heterocycles. The molecule has 0 saturated carbocycles. The first-order chi connectivity index (χ1) is 10.9. The number of carboxylic acids is 1. The van der Waals surface area contributed by atoms with Crippen molar-refractivity contribution < 1.29 is 24.2 Å². The van der Waals surface area contributed by atoms with E-state index >= 15 is 0 Å². The molecule has 3 atom stereocenters. The summed E-state index contributed by atoms with van der Waals surface area (Å²) in [5, 5.41) is 9.32. The van der Waals surface area contributed by atoms with E-state index in [0.717, 1.165) is 5.56 Å². The van der Waals surface area contributed by atoms with E-state index in [0.29, 0.717) is 6.42 Å². The molecule has 126 valence electrons. The summed E-state index contributed by atoms with van der Waals surface area (Å²) in [6.07, 6.45) is -1.64. The number of rotatable bonds is 5. The molecule has 6 nitrogen and oxygen atoms in total. The summed E-state index contributed by atoms with van der Waals surface area (Å²) in [5.41, 5.74) is 0.879. The molecule has 0 spiro atoms. The lowest BCUT2D eigenvalue weighted by Crippen LogP contribution is -2.45. The molecule has 1 aromatic rings. The van der Waals surface area contributed by atoms with E-state index in [1.165, 1.54) is 4.90 Å². The van der Waals surface area contributed by atoms with Gasteiger partial charge in [-0.25, -0.2) is 9.59 Å². The maximum Gasteiger partial charge on any atom is 0.412 e. The first kappa shape index (κ1) is 17.3. The van der Waals surface area contributed by atoms with Crippen molar-refractivity contribution in [2.24, 2.45) is 5.92 Å². The van der Waals surface area contributed by atoms with E-state index in [9.17, 15) is 14.7 Å². The van der Waals surface area contributed by atoms with E-state index in [1.54, 1.807) is 6.92 Å². The average Bonchev–Trinajstić information content (AvgIpc) is 2.82. The Bertz CT molecular complexity index is 545. The quantitative estimate of drug-likeness (QED) is 0.902. The zero-order valence-electron chi connectivity index (χ0n) is 13.6. The summed E-state index contributed by atoms with van der Waals surface area (Å²) in [6.45, 7) is 5.78. The maximum atomic E-state index is 12.4. The molecular formula is C17H23NO5. The largest absolute Gasteiger partial charge is 0.479 e. The number of carbonyl (C=O) groups is 2. The minimum Gasteiger partial charge on any atom is -0.479 e. The van der Waals surface area contributed by atoms with Crippen molar-refractivity contribution in [1.82, 2.24) is 4.90 Å². The molecule has 0 bridgehead atoms. The lowest BCUT2D eigenvalue weighted by atomic mass is 9.99. The van der Waals surface area contributed by atoms with Gasteiger partial charge in [0.05, 0.1) is 6.04 Å². The first-order valence-electron chi connectivity index (χ1n) is 7.77. The van der Waals surface area contributed by atoms with Gasteiger partial charge >= 0.3 is 12.1 Å². The molecule has 2 unspecified atom stereocenters. The molecule has 6 heteroatoms. The van der Waals surface area contributed by atoms with Crippen LogP contribution in [0, 0.1) is 5.92 Å². The second-order valence-electron chi connectivity index (χ2n) is 6.14. The van der Waals surface area contributed by atoms with E-state index in [2.05, 4.69) is 0 Å². The van der Waals surface area contributed by atoms with Gasteiger partial charge in [0.25, 0.3) is 0 Å². The number of hydrogen-bond donors (Lipinski definition) is 1. The van der Waals surface area contributed by atoms with Crippen LogP contribution in [0.5, 0.6) is 0 Å². The Morgan fingerprint density at radius 1 is 1.30 bits per heavy atom. The van der Waals surface area contributed by atoms with Crippen molar-refractivity contribution in [3.05, 3.63) is 35.9 Å². The highest BCUT2D eigenvalue weighted by Gasteiger charge is 2.47. The fourth-order valence-corrected chi connectivity index (χ4v) is 2.80. The number of benzene rings is 1. The number of ether oxygens (including phenoxy) is 2. The Balaban J connectivity index is 2.07. The third kappa shape index (κ3) is 4.22. The van der Waals surface area contributed by atoms with Gasteiger partial charge in [0.2, 0.25) is 0 Å². The van der Waals surface area contributed by atoms with Crippen molar-refractivity contribution in [2.75, 3.05) is 0 Å². The highest BCUT2D eigenvalue weighted by Crippen LogP contribution is 2.29. The van der Waals surface area contributed by atoms with E-state index in [-0.39, 0.29) is 12.5 Å². The Hall–Kier alpha value is -2.08. The Labute approximate surface area is 136 Å². The van der Waals surface area contributed by atoms with E-state index < -0.39 is 30.4 Å². The van der Waals surface area contributed by atoms with Crippen LogP contribution in [-0.4, -0.2) is 40.4 Å². The zero-order valence-corrected chi connectivity index (χ0v) is 13.6. The molecule has 1 fully saturated rings. The summed E-state index contributed by atoms with van der Waals surface area (Å²) < 4.78 is 10.8. The van der Waals surface area contributed by atoms with Crippen molar-refractivity contribution in [2.45, 2.75) is 52.2 Å². The molecular weight excluding hydrogens is 298 g/mol. The SMILES string of the molecule is CC(C)C[C@H]1C(C(=O)O)OC(C)N1C(=O)OCc1ccccc1. The summed E-state index contributed by atoms with van der Waals surface area (Å²) >= 11 is 0. The third-order valence-corrected chi connectivity index (χ3v) is 3.81. The third-order valence-electron chi connectivity index (χ3n) is 3.81. The number of carboxylic acid groups (broad SMARTS) is 1. The van der Waals surface area contributed by atoms with Crippen LogP contribution < -0.4 is 0 Å².